The van der Waals surface area contributed by atoms with Crippen molar-refractivity contribution in [2.75, 3.05) is 178 Å². The van der Waals surface area contributed by atoms with E-state index in [1.54, 1.807) is 0 Å². The van der Waals surface area contributed by atoms with Crippen LogP contribution in [0.2, 0.25) is 0 Å². The van der Waals surface area contributed by atoms with Crippen LogP contribution in [0.5, 0.6) is 0 Å². The summed E-state index contributed by atoms with van der Waals surface area (Å²) in [6.07, 6.45) is 6.76. The molecule has 13 heteroatoms. The highest BCUT2D eigenvalue weighted by Crippen LogP contribution is 2.20. The molecule has 5 saturated heterocycles. The number of rotatable bonds is 10. The van der Waals surface area contributed by atoms with Gasteiger partial charge in [0.05, 0.1) is 26.4 Å². The van der Waals surface area contributed by atoms with Gasteiger partial charge in [0.25, 0.3) is 0 Å². The highest BCUT2D eigenvalue weighted by Gasteiger charge is 2.27. The van der Waals surface area contributed by atoms with Crippen LogP contribution in [0, 0.1) is 0 Å². The SMILES string of the molecule is CC(C)(C)N1CCCCC1.CC(C)(C)N1CCN(NCCN2CCOCC2)CC1.CC(C)(C)N1CCOCC1.CCCN(CCC)C(C)(C)C.CCN(CC)C(C)(C)C.CN(C)C(C)(C)C.CN1CCN(C(C)(C)C)CC1. The molecular formula is C64H143N11O2. The summed E-state index contributed by atoms with van der Waals surface area (Å²) in [6, 6.07) is 0. The van der Waals surface area contributed by atoms with E-state index in [2.05, 4.69) is 249 Å². The van der Waals surface area contributed by atoms with Crippen molar-refractivity contribution in [3.8, 4) is 0 Å². The molecule has 0 amide bonds. The average molecular weight is 1100 g/mol. The van der Waals surface area contributed by atoms with Crippen LogP contribution in [-0.2, 0) is 9.47 Å². The predicted octanol–water partition coefficient (Wildman–Crippen LogP) is 11.0. The lowest BCUT2D eigenvalue weighted by molar-refractivity contribution is -0.00389. The lowest BCUT2D eigenvalue weighted by atomic mass is 10.0. The first kappa shape index (κ1) is 78.5. The van der Waals surface area contributed by atoms with Crippen molar-refractivity contribution in [3.05, 3.63) is 0 Å². The summed E-state index contributed by atoms with van der Waals surface area (Å²) in [7, 11) is 6.36. The number of morpholine rings is 2. The molecule has 0 unspecified atom stereocenters. The predicted molar refractivity (Wildman–Crippen MR) is 342 cm³/mol. The number of likely N-dealkylation sites (N-methyl/N-ethyl adjacent to an activating group) is 1. The minimum Gasteiger partial charge on any atom is -0.379 e. The Bertz CT molecular complexity index is 1310. The second-order valence-corrected chi connectivity index (χ2v) is 29.5. The minimum absolute atomic E-state index is 0.305. The fraction of sp³-hybridized carbons (Fsp3) is 1.00. The number of piperidine rings is 1. The van der Waals surface area contributed by atoms with Crippen molar-refractivity contribution in [2.45, 2.75) is 244 Å². The van der Waals surface area contributed by atoms with Crippen LogP contribution in [0.1, 0.15) is 205 Å². The van der Waals surface area contributed by atoms with Gasteiger partial charge in [-0.1, -0.05) is 34.1 Å². The molecule has 466 valence electrons. The van der Waals surface area contributed by atoms with Crippen LogP contribution in [0.4, 0.5) is 0 Å². The van der Waals surface area contributed by atoms with Crippen molar-refractivity contribution in [1.82, 2.24) is 54.5 Å². The highest BCUT2D eigenvalue weighted by molar-refractivity contribution is 4.83. The maximum Gasteiger partial charge on any atom is 0.0594 e. The van der Waals surface area contributed by atoms with E-state index in [9.17, 15) is 0 Å². The summed E-state index contributed by atoms with van der Waals surface area (Å²) in [6.45, 7) is 83.5. The lowest BCUT2D eigenvalue weighted by Crippen LogP contribution is -2.57. The van der Waals surface area contributed by atoms with Gasteiger partial charge >= 0.3 is 0 Å². The van der Waals surface area contributed by atoms with Crippen LogP contribution in [0.3, 0.4) is 0 Å². The van der Waals surface area contributed by atoms with Crippen molar-refractivity contribution >= 4 is 0 Å². The van der Waals surface area contributed by atoms with Gasteiger partial charge in [-0.05, 0) is 231 Å². The van der Waals surface area contributed by atoms with Crippen LogP contribution in [0.15, 0.2) is 0 Å². The number of hydrogen-bond acceptors (Lipinski definition) is 13. The summed E-state index contributed by atoms with van der Waals surface area (Å²) in [5, 5.41) is 2.38. The standard InChI is InChI=1S/C14H30N4O.C10H23N.C9H20N2.C9H19N.C8H17NO.C8H19N.C6H15N/c1-14(2,3)17-6-8-18(9-7-17)15-4-5-16-10-12-19-13-11-16;1-6-8-11(9-7-2)10(3,4)5;1-9(2,3)11-7-5-10(4)6-8-11;1-9(2,3)10-7-5-4-6-8-10;1-8(2,3)9-4-6-10-7-5-9;1-6-9(7-2)8(3,4)5;1-6(2,3)7(4)5/h15H,4-13H2,1-3H3;6-9H2,1-5H3;5-8H2,1-4H3;4-8H2,1-3H3;4-7H2,1-3H3;6-7H2,1-5H3;1-5H3. The number of ether oxygens (including phenoxy) is 2. The minimum atomic E-state index is 0.305. The van der Waals surface area contributed by atoms with Crippen molar-refractivity contribution < 1.29 is 9.47 Å². The molecular weight excluding hydrogens is 955 g/mol. The Kier molecular flexibility index (Phi) is 39.9. The highest BCUT2D eigenvalue weighted by atomic mass is 16.5. The van der Waals surface area contributed by atoms with Crippen LogP contribution < -0.4 is 5.43 Å². The summed E-state index contributed by atoms with van der Waals surface area (Å²) in [5.74, 6) is 0. The molecule has 0 aromatic rings. The third-order valence-electron chi connectivity index (χ3n) is 15.8. The van der Waals surface area contributed by atoms with Crippen LogP contribution in [-0.4, -0.2) is 266 Å². The fourth-order valence-electron chi connectivity index (χ4n) is 9.50. The van der Waals surface area contributed by atoms with E-state index in [4.69, 9.17) is 9.47 Å². The molecule has 1 N–H and O–H groups in total. The van der Waals surface area contributed by atoms with E-state index in [1.165, 1.54) is 84.5 Å². The van der Waals surface area contributed by atoms with Crippen molar-refractivity contribution in [3.63, 3.8) is 0 Å². The largest absolute Gasteiger partial charge is 0.379 e. The summed E-state index contributed by atoms with van der Waals surface area (Å²) in [5.41, 5.74) is 6.00. The number of likely N-dealkylation sites (tertiary alicyclic amines) is 1. The van der Waals surface area contributed by atoms with Gasteiger partial charge in [0.2, 0.25) is 0 Å². The smallest absolute Gasteiger partial charge is 0.0594 e. The second kappa shape index (κ2) is 39.1. The maximum absolute atomic E-state index is 5.36. The van der Waals surface area contributed by atoms with Crippen molar-refractivity contribution in [1.29, 1.82) is 0 Å². The zero-order chi connectivity index (χ0) is 59.9. The number of nitrogens with zero attached hydrogens (tertiary/aromatic N) is 10. The van der Waals surface area contributed by atoms with Gasteiger partial charge in [0.1, 0.15) is 0 Å². The second-order valence-electron chi connectivity index (χ2n) is 29.5. The van der Waals surface area contributed by atoms with Crippen molar-refractivity contribution in [2.24, 2.45) is 0 Å². The Morgan fingerprint density at radius 1 is 0.390 bits per heavy atom. The van der Waals surface area contributed by atoms with Gasteiger partial charge in [0.15, 0.2) is 0 Å². The Balaban J connectivity index is 0. The Morgan fingerprint density at radius 2 is 0.714 bits per heavy atom. The molecule has 0 aromatic heterocycles. The number of hydrazine groups is 1. The average Bonchev–Trinajstić information content (AvgIpc) is 3.32. The third kappa shape index (κ3) is 39.6. The maximum atomic E-state index is 5.36. The molecule has 0 aromatic carbocycles. The lowest BCUT2D eigenvalue weighted by Gasteiger charge is -2.42. The first-order valence-electron chi connectivity index (χ1n) is 31.5. The van der Waals surface area contributed by atoms with E-state index in [1.807, 2.05) is 0 Å². The molecule has 13 nitrogen and oxygen atoms in total. The molecule has 5 fully saturated rings. The Morgan fingerprint density at radius 3 is 0.987 bits per heavy atom. The topological polar surface area (TPSA) is 62.9 Å². The third-order valence-corrected chi connectivity index (χ3v) is 15.8. The summed E-state index contributed by atoms with van der Waals surface area (Å²) < 4.78 is 10.6. The van der Waals surface area contributed by atoms with E-state index < -0.39 is 0 Å². The molecule has 0 aliphatic carbocycles. The first-order valence-corrected chi connectivity index (χ1v) is 31.5. The molecule has 0 spiro atoms. The molecule has 5 aliphatic rings. The number of piperazine rings is 2. The van der Waals surface area contributed by atoms with Crippen LogP contribution >= 0.6 is 0 Å². The van der Waals surface area contributed by atoms with E-state index in [0.29, 0.717) is 38.8 Å². The van der Waals surface area contributed by atoms with Gasteiger partial charge in [-0.2, -0.15) is 0 Å². The van der Waals surface area contributed by atoms with E-state index in [-0.39, 0.29) is 0 Å². The van der Waals surface area contributed by atoms with E-state index >= 15 is 0 Å². The summed E-state index contributed by atoms with van der Waals surface area (Å²) >= 11 is 0. The Labute approximate surface area is 484 Å². The monoisotopic (exact) mass is 1100 g/mol. The molecule has 5 aliphatic heterocycles. The number of hydrogen-bond donors (Lipinski definition) is 1. The van der Waals surface area contributed by atoms with Crippen LogP contribution in [0.25, 0.3) is 0 Å². The normalized spacial score (nSPS) is 20.0. The molecule has 77 heavy (non-hydrogen) atoms. The molecule has 5 heterocycles. The number of nitrogens with one attached hydrogen (secondary N) is 1. The van der Waals surface area contributed by atoms with Gasteiger partial charge in [0, 0.05) is 130 Å². The molecule has 0 saturated carbocycles. The molecule has 5 rings (SSSR count). The van der Waals surface area contributed by atoms with Gasteiger partial charge < -0.3 is 19.3 Å². The van der Waals surface area contributed by atoms with Gasteiger partial charge in [-0.15, -0.1) is 0 Å². The molecule has 0 radical (unpaired) electrons. The summed E-state index contributed by atoms with van der Waals surface area (Å²) in [4.78, 5) is 22.2. The zero-order valence-electron chi connectivity index (χ0n) is 57.8. The fourth-order valence-corrected chi connectivity index (χ4v) is 9.50. The molecule has 0 bridgehead atoms. The van der Waals surface area contributed by atoms with Gasteiger partial charge in [-0.3, -0.25) is 39.7 Å². The zero-order valence-corrected chi connectivity index (χ0v) is 57.8. The quantitative estimate of drug-likeness (QED) is 0.226. The van der Waals surface area contributed by atoms with E-state index in [0.717, 1.165) is 105 Å². The molecule has 0 atom stereocenters. The Hall–Kier alpha value is -0.520. The first-order chi connectivity index (χ1) is 35.2. The van der Waals surface area contributed by atoms with Gasteiger partial charge in [-0.25, -0.2) is 5.01 Å².